The SMILES string of the molecule is Cc1ccc(C2CNCC3CCCN2C3)o1. The molecule has 3 heteroatoms. The van der Waals surface area contributed by atoms with E-state index < -0.39 is 0 Å². The van der Waals surface area contributed by atoms with Crippen molar-refractivity contribution < 1.29 is 4.42 Å². The number of aryl methyl sites for hydroxylation is 1. The van der Waals surface area contributed by atoms with Crippen molar-refractivity contribution in [3.05, 3.63) is 23.7 Å². The molecule has 2 saturated heterocycles. The number of nitrogens with zero attached hydrogens (tertiary/aromatic N) is 1. The minimum Gasteiger partial charge on any atom is -0.465 e. The van der Waals surface area contributed by atoms with Gasteiger partial charge in [0.1, 0.15) is 11.5 Å². The molecule has 1 N–H and O–H groups in total. The number of nitrogens with one attached hydrogen (secondary N) is 1. The molecule has 0 saturated carbocycles. The molecule has 0 aliphatic carbocycles. The van der Waals surface area contributed by atoms with Crippen molar-refractivity contribution in [1.29, 1.82) is 0 Å². The van der Waals surface area contributed by atoms with E-state index in [4.69, 9.17) is 4.42 Å². The molecular weight excluding hydrogens is 200 g/mol. The number of rotatable bonds is 1. The van der Waals surface area contributed by atoms with Gasteiger partial charge in [-0.1, -0.05) is 0 Å². The van der Waals surface area contributed by atoms with Crippen molar-refractivity contribution in [3.63, 3.8) is 0 Å². The van der Waals surface area contributed by atoms with E-state index in [2.05, 4.69) is 22.3 Å². The topological polar surface area (TPSA) is 28.4 Å². The molecule has 2 aliphatic rings. The van der Waals surface area contributed by atoms with Crippen molar-refractivity contribution in [1.82, 2.24) is 10.2 Å². The van der Waals surface area contributed by atoms with Crippen molar-refractivity contribution >= 4 is 0 Å². The molecule has 16 heavy (non-hydrogen) atoms. The number of hydrogen-bond donors (Lipinski definition) is 1. The normalized spacial score (nSPS) is 34.7. The van der Waals surface area contributed by atoms with Gasteiger partial charge in [0.25, 0.3) is 0 Å². The lowest BCUT2D eigenvalue weighted by Crippen LogP contribution is -2.37. The summed E-state index contributed by atoms with van der Waals surface area (Å²) in [5.74, 6) is 3.00. The minimum atomic E-state index is 0.444. The van der Waals surface area contributed by atoms with Crippen LogP contribution in [0.25, 0.3) is 0 Å². The zero-order valence-corrected chi connectivity index (χ0v) is 9.91. The Labute approximate surface area is 96.8 Å². The molecule has 3 unspecified atom stereocenters. The van der Waals surface area contributed by atoms with Crippen LogP contribution in [-0.4, -0.2) is 31.1 Å². The lowest BCUT2D eigenvalue weighted by molar-refractivity contribution is 0.133. The molecule has 1 aromatic heterocycles. The Hall–Kier alpha value is -0.800. The number of piperidine rings is 1. The summed E-state index contributed by atoms with van der Waals surface area (Å²) in [4.78, 5) is 2.59. The van der Waals surface area contributed by atoms with E-state index in [-0.39, 0.29) is 0 Å². The van der Waals surface area contributed by atoms with Crippen LogP contribution in [0.15, 0.2) is 16.5 Å². The van der Waals surface area contributed by atoms with Crippen molar-refractivity contribution in [2.45, 2.75) is 25.8 Å². The highest BCUT2D eigenvalue weighted by Crippen LogP contribution is 2.29. The summed E-state index contributed by atoms with van der Waals surface area (Å²) in [5.41, 5.74) is 0. The molecule has 88 valence electrons. The zero-order chi connectivity index (χ0) is 11.0. The Bertz CT molecular complexity index is 361. The van der Waals surface area contributed by atoms with Gasteiger partial charge in [-0.25, -0.2) is 0 Å². The fourth-order valence-electron chi connectivity index (χ4n) is 3.01. The van der Waals surface area contributed by atoms with Crippen molar-refractivity contribution in [2.24, 2.45) is 5.92 Å². The smallest absolute Gasteiger partial charge is 0.122 e. The van der Waals surface area contributed by atoms with Gasteiger partial charge in [0.2, 0.25) is 0 Å². The molecule has 0 amide bonds. The first-order chi connectivity index (χ1) is 7.83. The molecule has 3 rings (SSSR count). The third-order valence-electron chi connectivity index (χ3n) is 3.85. The van der Waals surface area contributed by atoms with Crippen LogP contribution in [0.1, 0.15) is 30.4 Å². The lowest BCUT2D eigenvalue weighted by atomic mass is 9.98. The Balaban J connectivity index is 1.83. The predicted octanol–water partition coefficient (Wildman–Crippen LogP) is 1.94. The zero-order valence-electron chi connectivity index (χ0n) is 9.91. The Morgan fingerprint density at radius 2 is 2.31 bits per heavy atom. The fraction of sp³-hybridized carbons (Fsp3) is 0.692. The maximum atomic E-state index is 5.79. The van der Waals surface area contributed by atoms with Crippen LogP contribution in [0.2, 0.25) is 0 Å². The molecule has 0 radical (unpaired) electrons. The van der Waals surface area contributed by atoms with Gasteiger partial charge < -0.3 is 9.73 Å². The molecule has 3 heterocycles. The van der Waals surface area contributed by atoms with Gasteiger partial charge in [0.15, 0.2) is 0 Å². The van der Waals surface area contributed by atoms with E-state index in [9.17, 15) is 0 Å². The van der Waals surface area contributed by atoms with Gasteiger partial charge in [0, 0.05) is 13.1 Å². The predicted molar refractivity (Wildman–Crippen MR) is 63.4 cm³/mol. The van der Waals surface area contributed by atoms with Gasteiger partial charge in [-0.15, -0.1) is 0 Å². The second-order valence-corrected chi connectivity index (χ2v) is 5.13. The summed E-state index contributed by atoms with van der Waals surface area (Å²) in [6.07, 6.45) is 2.72. The first-order valence-electron chi connectivity index (χ1n) is 6.34. The molecule has 3 atom stereocenters. The van der Waals surface area contributed by atoms with E-state index >= 15 is 0 Å². The molecule has 2 fully saturated rings. The largest absolute Gasteiger partial charge is 0.465 e. The lowest BCUT2D eigenvalue weighted by Gasteiger charge is -2.33. The van der Waals surface area contributed by atoms with Crippen molar-refractivity contribution in [3.8, 4) is 0 Å². The second-order valence-electron chi connectivity index (χ2n) is 5.13. The maximum Gasteiger partial charge on any atom is 0.122 e. The fourth-order valence-corrected chi connectivity index (χ4v) is 3.01. The van der Waals surface area contributed by atoms with Crippen LogP contribution >= 0.6 is 0 Å². The summed E-state index contributed by atoms with van der Waals surface area (Å²) in [5, 5.41) is 3.57. The summed E-state index contributed by atoms with van der Waals surface area (Å²) >= 11 is 0. The molecule has 3 nitrogen and oxygen atoms in total. The highest BCUT2D eigenvalue weighted by Gasteiger charge is 2.31. The summed E-state index contributed by atoms with van der Waals surface area (Å²) < 4.78 is 5.79. The van der Waals surface area contributed by atoms with E-state index in [1.54, 1.807) is 0 Å². The number of fused-ring (bicyclic) bond motifs is 2. The van der Waals surface area contributed by atoms with Gasteiger partial charge in [-0.3, -0.25) is 4.90 Å². The van der Waals surface area contributed by atoms with Crippen LogP contribution in [0.3, 0.4) is 0 Å². The highest BCUT2D eigenvalue weighted by atomic mass is 16.3. The molecule has 0 aromatic carbocycles. The number of hydrogen-bond acceptors (Lipinski definition) is 3. The van der Waals surface area contributed by atoms with Crippen molar-refractivity contribution in [2.75, 3.05) is 26.2 Å². The van der Waals surface area contributed by atoms with Crippen LogP contribution in [0.4, 0.5) is 0 Å². The van der Waals surface area contributed by atoms with Gasteiger partial charge >= 0.3 is 0 Å². The summed E-state index contributed by atoms with van der Waals surface area (Å²) in [6.45, 7) is 6.68. The molecule has 2 bridgehead atoms. The third-order valence-corrected chi connectivity index (χ3v) is 3.85. The summed E-state index contributed by atoms with van der Waals surface area (Å²) in [7, 11) is 0. The van der Waals surface area contributed by atoms with E-state index in [1.807, 2.05) is 6.92 Å². The first kappa shape index (κ1) is 10.4. The molecule has 0 spiro atoms. The first-order valence-corrected chi connectivity index (χ1v) is 6.34. The van der Waals surface area contributed by atoms with Crippen LogP contribution < -0.4 is 5.32 Å². The average Bonchev–Trinajstić information content (AvgIpc) is 2.65. The molecule has 2 aliphatic heterocycles. The maximum absolute atomic E-state index is 5.79. The quantitative estimate of drug-likeness (QED) is 0.784. The standard InChI is InChI=1S/C13H20N2O/c1-10-4-5-13(16-10)12-8-14-7-11-3-2-6-15(12)9-11/h4-5,11-12,14H,2-3,6-9H2,1H3. The average molecular weight is 220 g/mol. The monoisotopic (exact) mass is 220 g/mol. The van der Waals surface area contributed by atoms with E-state index in [0.717, 1.165) is 24.0 Å². The highest BCUT2D eigenvalue weighted by molar-refractivity contribution is 5.11. The van der Waals surface area contributed by atoms with Gasteiger partial charge in [-0.05, 0) is 50.9 Å². The Kier molecular flexibility index (Phi) is 2.74. The van der Waals surface area contributed by atoms with E-state index in [1.165, 1.54) is 32.5 Å². The van der Waals surface area contributed by atoms with Crippen LogP contribution in [0.5, 0.6) is 0 Å². The second kappa shape index (κ2) is 4.22. The molecule has 1 aromatic rings. The Morgan fingerprint density at radius 1 is 1.38 bits per heavy atom. The van der Waals surface area contributed by atoms with Crippen LogP contribution in [0, 0.1) is 12.8 Å². The molecular formula is C13H20N2O. The van der Waals surface area contributed by atoms with E-state index in [0.29, 0.717) is 6.04 Å². The minimum absolute atomic E-state index is 0.444. The third kappa shape index (κ3) is 1.89. The summed E-state index contributed by atoms with van der Waals surface area (Å²) in [6, 6.07) is 4.65. The van der Waals surface area contributed by atoms with Gasteiger partial charge in [0.05, 0.1) is 6.04 Å². The van der Waals surface area contributed by atoms with Crippen LogP contribution in [-0.2, 0) is 0 Å². The van der Waals surface area contributed by atoms with Gasteiger partial charge in [-0.2, -0.15) is 0 Å². The number of furan rings is 1. The Morgan fingerprint density at radius 3 is 3.12 bits per heavy atom.